The quantitative estimate of drug-likeness (QED) is 0.609. The first-order valence-electron chi connectivity index (χ1n) is 9.84. The Labute approximate surface area is 173 Å². The molecular weight excluding hydrogens is 382 g/mol. The molecular formula is C22H23N5O3. The number of hydrogen-bond acceptors (Lipinski definition) is 7. The van der Waals surface area contributed by atoms with Gasteiger partial charge in [0, 0.05) is 30.5 Å². The zero-order chi connectivity index (χ0) is 20.9. The molecule has 1 fully saturated rings. The highest BCUT2D eigenvalue weighted by atomic mass is 16.5. The molecule has 1 aliphatic carbocycles. The van der Waals surface area contributed by atoms with E-state index in [2.05, 4.69) is 20.6 Å². The SMILES string of the molecule is COC(=O)c1ccc(N[C@H]2CC[C@H](Nc3cccc(=O)n3-c3cccnc3)C2)nc1. The van der Waals surface area contributed by atoms with Gasteiger partial charge in [0.05, 0.1) is 24.6 Å². The molecule has 30 heavy (non-hydrogen) atoms. The van der Waals surface area contributed by atoms with Crippen molar-refractivity contribution in [1.29, 1.82) is 0 Å². The van der Waals surface area contributed by atoms with E-state index in [0.29, 0.717) is 5.56 Å². The molecule has 0 unspecified atom stereocenters. The van der Waals surface area contributed by atoms with E-state index < -0.39 is 5.97 Å². The molecule has 0 radical (unpaired) electrons. The lowest BCUT2D eigenvalue weighted by atomic mass is 10.2. The number of aromatic nitrogens is 3. The molecule has 4 rings (SSSR count). The largest absolute Gasteiger partial charge is 0.465 e. The van der Waals surface area contributed by atoms with E-state index in [1.807, 2.05) is 18.2 Å². The Morgan fingerprint density at radius 3 is 2.60 bits per heavy atom. The van der Waals surface area contributed by atoms with Crippen LogP contribution in [0.2, 0.25) is 0 Å². The fraction of sp³-hybridized carbons (Fsp3) is 0.273. The standard InChI is InChI=1S/C22H23N5O3/c1-30-22(29)15-7-10-19(24-13-15)25-16-8-9-17(12-16)26-20-5-2-6-21(28)27(20)18-4-3-11-23-14-18/h2-7,10-11,13-14,16-17,26H,8-9,12H2,1H3,(H,24,25)/t16-,17-/m0/s1. The molecule has 1 aliphatic rings. The summed E-state index contributed by atoms with van der Waals surface area (Å²) < 4.78 is 6.33. The van der Waals surface area contributed by atoms with Crippen molar-refractivity contribution in [2.45, 2.75) is 31.3 Å². The highest BCUT2D eigenvalue weighted by Gasteiger charge is 2.25. The van der Waals surface area contributed by atoms with Crippen molar-refractivity contribution in [2.24, 2.45) is 0 Å². The second-order valence-corrected chi connectivity index (χ2v) is 7.22. The molecule has 2 atom stereocenters. The van der Waals surface area contributed by atoms with Crippen molar-refractivity contribution in [3.05, 3.63) is 77.0 Å². The van der Waals surface area contributed by atoms with E-state index in [4.69, 9.17) is 4.74 Å². The Kier molecular flexibility index (Phi) is 5.74. The van der Waals surface area contributed by atoms with Gasteiger partial charge in [-0.1, -0.05) is 6.07 Å². The zero-order valence-corrected chi connectivity index (χ0v) is 16.6. The second-order valence-electron chi connectivity index (χ2n) is 7.22. The van der Waals surface area contributed by atoms with Gasteiger partial charge in [-0.3, -0.25) is 14.3 Å². The first kappa shape index (κ1) is 19.6. The maximum atomic E-state index is 12.5. The lowest BCUT2D eigenvalue weighted by Crippen LogP contribution is -2.26. The number of methoxy groups -OCH3 is 1. The van der Waals surface area contributed by atoms with E-state index in [1.54, 1.807) is 41.2 Å². The molecule has 0 aromatic carbocycles. The first-order valence-corrected chi connectivity index (χ1v) is 9.84. The number of carbonyl (C=O) groups excluding carboxylic acids is 1. The number of nitrogens with zero attached hydrogens (tertiary/aromatic N) is 3. The van der Waals surface area contributed by atoms with Gasteiger partial charge >= 0.3 is 5.97 Å². The Morgan fingerprint density at radius 1 is 1.07 bits per heavy atom. The van der Waals surface area contributed by atoms with Crippen LogP contribution < -0.4 is 16.2 Å². The van der Waals surface area contributed by atoms with Crippen molar-refractivity contribution >= 4 is 17.6 Å². The normalized spacial score (nSPS) is 18.0. The van der Waals surface area contributed by atoms with Crippen LogP contribution in [0.15, 0.2) is 65.8 Å². The molecule has 0 aliphatic heterocycles. The molecule has 154 valence electrons. The van der Waals surface area contributed by atoms with Gasteiger partial charge in [-0.2, -0.15) is 0 Å². The molecule has 0 saturated heterocycles. The van der Waals surface area contributed by atoms with Gasteiger partial charge in [0.15, 0.2) is 0 Å². The molecule has 1 saturated carbocycles. The second kappa shape index (κ2) is 8.77. The Morgan fingerprint density at radius 2 is 1.90 bits per heavy atom. The summed E-state index contributed by atoms with van der Waals surface area (Å²) in [6.07, 6.45) is 7.70. The fourth-order valence-electron chi connectivity index (χ4n) is 3.73. The number of rotatable bonds is 6. The predicted molar refractivity (Wildman–Crippen MR) is 114 cm³/mol. The van der Waals surface area contributed by atoms with Crippen molar-refractivity contribution < 1.29 is 9.53 Å². The summed E-state index contributed by atoms with van der Waals surface area (Å²) >= 11 is 0. The highest BCUT2D eigenvalue weighted by molar-refractivity contribution is 5.89. The highest BCUT2D eigenvalue weighted by Crippen LogP contribution is 2.26. The maximum absolute atomic E-state index is 12.5. The molecule has 0 amide bonds. The lowest BCUT2D eigenvalue weighted by molar-refractivity contribution is 0.0600. The minimum Gasteiger partial charge on any atom is -0.465 e. The third kappa shape index (κ3) is 4.32. The smallest absolute Gasteiger partial charge is 0.339 e. The number of hydrogen-bond donors (Lipinski definition) is 2. The lowest BCUT2D eigenvalue weighted by Gasteiger charge is -2.19. The summed E-state index contributed by atoms with van der Waals surface area (Å²) in [4.78, 5) is 32.4. The van der Waals surface area contributed by atoms with Gasteiger partial charge < -0.3 is 15.4 Å². The Balaban J connectivity index is 1.42. The van der Waals surface area contributed by atoms with Gasteiger partial charge in [0.2, 0.25) is 0 Å². The van der Waals surface area contributed by atoms with Crippen molar-refractivity contribution in [2.75, 3.05) is 17.7 Å². The molecule has 0 spiro atoms. The first-order chi connectivity index (χ1) is 14.6. The molecule has 8 heteroatoms. The Bertz CT molecular complexity index is 1070. The van der Waals surface area contributed by atoms with Crippen LogP contribution >= 0.6 is 0 Å². The number of carbonyl (C=O) groups is 1. The van der Waals surface area contributed by atoms with Gasteiger partial charge in [-0.05, 0) is 49.6 Å². The van der Waals surface area contributed by atoms with Gasteiger partial charge in [0.25, 0.3) is 5.56 Å². The molecule has 2 N–H and O–H groups in total. The van der Waals surface area contributed by atoms with Crippen molar-refractivity contribution in [3.8, 4) is 5.69 Å². The summed E-state index contributed by atoms with van der Waals surface area (Å²) in [5.41, 5.74) is 1.05. The summed E-state index contributed by atoms with van der Waals surface area (Å²) in [5.74, 6) is 1.07. The van der Waals surface area contributed by atoms with Crippen LogP contribution in [-0.2, 0) is 4.74 Å². The van der Waals surface area contributed by atoms with E-state index in [0.717, 1.165) is 36.6 Å². The van der Waals surface area contributed by atoms with Crippen molar-refractivity contribution in [3.63, 3.8) is 0 Å². The average Bonchev–Trinajstić information content (AvgIpc) is 3.21. The van der Waals surface area contributed by atoms with Crippen LogP contribution in [-0.4, -0.2) is 39.7 Å². The summed E-state index contributed by atoms with van der Waals surface area (Å²) in [6, 6.07) is 12.8. The number of nitrogens with one attached hydrogen (secondary N) is 2. The van der Waals surface area contributed by atoms with Gasteiger partial charge in [-0.15, -0.1) is 0 Å². The van der Waals surface area contributed by atoms with Crippen LogP contribution in [0.25, 0.3) is 5.69 Å². The predicted octanol–water partition coefficient (Wildman–Crippen LogP) is 2.86. The summed E-state index contributed by atoms with van der Waals surface area (Å²) in [7, 11) is 1.35. The summed E-state index contributed by atoms with van der Waals surface area (Å²) in [5, 5.41) is 6.93. The minimum atomic E-state index is -0.401. The third-order valence-electron chi connectivity index (χ3n) is 5.18. The third-order valence-corrected chi connectivity index (χ3v) is 5.18. The molecule has 3 aromatic rings. The van der Waals surface area contributed by atoms with Crippen LogP contribution in [0.3, 0.4) is 0 Å². The zero-order valence-electron chi connectivity index (χ0n) is 16.6. The van der Waals surface area contributed by atoms with Crippen LogP contribution in [0.1, 0.15) is 29.6 Å². The monoisotopic (exact) mass is 405 g/mol. The fourth-order valence-corrected chi connectivity index (χ4v) is 3.73. The van der Waals surface area contributed by atoms with Crippen LogP contribution in [0.5, 0.6) is 0 Å². The molecule has 3 heterocycles. The number of ether oxygens (including phenoxy) is 1. The van der Waals surface area contributed by atoms with Crippen molar-refractivity contribution in [1.82, 2.24) is 14.5 Å². The summed E-state index contributed by atoms with van der Waals surface area (Å²) in [6.45, 7) is 0. The minimum absolute atomic E-state index is 0.101. The van der Waals surface area contributed by atoms with Crippen LogP contribution in [0, 0.1) is 0 Å². The van der Waals surface area contributed by atoms with Gasteiger partial charge in [0.1, 0.15) is 11.6 Å². The molecule has 8 nitrogen and oxygen atoms in total. The molecule has 3 aromatic heterocycles. The average molecular weight is 405 g/mol. The number of pyridine rings is 3. The van der Waals surface area contributed by atoms with Gasteiger partial charge in [-0.25, -0.2) is 9.78 Å². The van der Waals surface area contributed by atoms with E-state index >= 15 is 0 Å². The number of anilines is 2. The topological polar surface area (TPSA) is 98.1 Å². The van der Waals surface area contributed by atoms with E-state index in [1.165, 1.54) is 13.3 Å². The van der Waals surface area contributed by atoms with E-state index in [9.17, 15) is 9.59 Å². The molecule has 0 bridgehead atoms. The van der Waals surface area contributed by atoms with Crippen LogP contribution in [0.4, 0.5) is 11.6 Å². The number of esters is 1. The maximum Gasteiger partial charge on any atom is 0.339 e. The van der Waals surface area contributed by atoms with E-state index in [-0.39, 0.29) is 17.6 Å². The Hall–Kier alpha value is -3.68.